The lowest BCUT2D eigenvalue weighted by molar-refractivity contribution is -0.121. The molecule has 3 heterocycles. The molecule has 0 atom stereocenters. The number of thioether (sulfide) groups is 1. The number of carbonyl (C=O) groups excluding carboxylic acids is 1. The molecule has 0 spiro atoms. The van der Waals surface area contributed by atoms with Gasteiger partial charge in [0.1, 0.15) is 5.82 Å². The quantitative estimate of drug-likeness (QED) is 0.200. The van der Waals surface area contributed by atoms with Gasteiger partial charge < -0.3 is 10.2 Å². The number of hydrogen-bond donors (Lipinski definition) is 1. The van der Waals surface area contributed by atoms with Crippen LogP contribution in [0.2, 0.25) is 0 Å². The number of anilines is 1. The standard InChI is InChI=1S/C30H36N6OS/c1-2-20-38-30-33-28(35-17-10-5-11-18-35)26-22-32-36(29(26)34-30)19-16-31-27(37)21-25(23-12-6-3-7-13-23)24-14-8-4-9-15-24/h3-4,6-9,12-15,22,25H,2,5,10-11,16-21H2,1H3,(H,31,37). The van der Waals surface area contributed by atoms with Crippen LogP contribution >= 0.6 is 11.8 Å². The molecule has 5 rings (SSSR count). The third-order valence-electron chi connectivity index (χ3n) is 6.99. The van der Waals surface area contributed by atoms with Gasteiger partial charge in [0, 0.05) is 37.7 Å². The van der Waals surface area contributed by atoms with Crippen LogP contribution in [-0.4, -0.2) is 51.0 Å². The number of nitrogens with one attached hydrogen (secondary N) is 1. The summed E-state index contributed by atoms with van der Waals surface area (Å²) in [5.74, 6) is 2.03. The number of rotatable bonds is 11. The number of benzene rings is 2. The fourth-order valence-electron chi connectivity index (χ4n) is 5.05. The molecule has 4 aromatic rings. The Morgan fingerprint density at radius 1 is 0.974 bits per heavy atom. The smallest absolute Gasteiger partial charge is 0.221 e. The number of fused-ring (bicyclic) bond motifs is 1. The predicted molar refractivity (Wildman–Crippen MR) is 155 cm³/mol. The van der Waals surface area contributed by atoms with E-state index in [2.05, 4.69) is 46.5 Å². The Balaban J connectivity index is 1.28. The average molecular weight is 529 g/mol. The van der Waals surface area contributed by atoms with Gasteiger partial charge in [-0.25, -0.2) is 14.6 Å². The number of carbonyl (C=O) groups is 1. The lowest BCUT2D eigenvalue weighted by Crippen LogP contribution is -2.30. The van der Waals surface area contributed by atoms with Crippen molar-refractivity contribution in [3.8, 4) is 0 Å². The summed E-state index contributed by atoms with van der Waals surface area (Å²) in [4.78, 5) is 25.2. The van der Waals surface area contributed by atoms with Gasteiger partial charge in [-0.1, -0.05) is 79.3 Å². The second kappa shape index (κ2) is 12.9. The molecule has 198 valence electrons. The molecule has 0 aliphatic carbocycles. The zero-order valence-electron chi connectivity index (χ0n) is 22.1. The Bertz CT molecular complexity index is 1280. The molecule has 1 aliphatic heterocycles. The highest BCUT2D eigenvalue weighted by atomic mass is 32.2. The van der Waals surface area contributed by atoms with E-state index in [1.807, 2.05) is 47.3 Å². The van der Waals surface area contributed by atoms with Crippen LogP contribution in [0.4, 0.5) is 5.82 Å². The fourth-order valence-corrected chi connectivity index (χ4v) is 5.74. The van der Waals surface area contributed by atoms with Crippen LogP contribution in [-0.2, 0) is 11.3 Å². The van der Waals surface area contributed by atoms with Gasteiger partial charge >= 0.3 is 0 Å². The van der Waals surface area contributed by atoms with E-state index in [4.69, 9.17) is 9.97 Å². The molecule has 38 heavy (non-hydrogen) atoms. The van der Waals surface area contributed by atoms with Crippen LogP contribution in [0.1, 0.15) is 56.1 Å². The van der Waals surface area contributed by atoms with Crippen molar-refractivity contribution in [2.24, 2.45) is 0 Å². The molecule has 0 saturated carbocycles. The minimum atomic E-state index is 0.0147. The summed E-state index contributed by atoms with van der Waals surface area (Å²) in [6, 6.07) is 20.5. The highest BCUT2D eigenvalue weighted by Gasteiger charge is 2.21. The van der Waals surface area contributed by atoms with Gasteiger partial charge in [0.15, 0.2) is 10.8 Å². The first-order valence-electron chi connectivity index (χ1n) is 13.7. The number of piperidine rings is 1. The van der Waals surface area contributed by atoms with E-state index in [0.29, 0.717) is 19.5 Å². The van der Waals surface area contributed by atoms with E-state index in [0.717, 1.165) is 58.4 Å². The summed E-state index contributed by atoms with van der Waals surface area (Å²) in [5.41, 5.74) is 3.14. The highest BCUT2D eigenvalue weighted by molar-refractivity contribution is 7.99. The van der Waals surface area contributed by atoms with E-state index >= 15 is 0 Å². The maximum Gasteiger partial charge on any atom is 0.221 e. The minimum absolute atomic E-state index is 0.0147. The van der Waals surface area contributed by atoms with Gasteiger partial charge in [-0.15, -0.1) is 0 Å². The second-order valence-electron chi connectivity index (χ2n) is 9.76. The molecule has 1 N–H and O–H groups in total. The Kier molecular flexibility index (Phi) is 8.91. The first-order chi connectivity index (χ1) is 18.7. The molecule has 8 heteroatoms. The van der Waals surface area contributed by atoms with Crippen LogP contribution < -0.4 is 10.2 Å². The number of amides is 1. The van der Waals surface area contributed by atoms with Crippen molar-refractivity contribution < 1.29 is 4.79 Å². The molecule has 1 amide bonds. The molecule has 1 fully saturated rings. The number of hydrogen-bond acceptors (Lipinski definition) is 6. The minimum Gasteiger partial charge on any atom is -0.356 e. The topological polar surface area (TPSA) is 75.9 Å². The fraction of sp³-hybridized carbons (Fsp3) is 0.400. The van der Waals surface area contributed by atoms with Crippen molar-refractivity contribution in [2.45, 2.75) is 56.6 Å². The van der Waals surface area contributed by atoms with Crippen LogP contribution in [0.3, 0.4) is 0 Å². The first-order valence-corrected chi connectivity index (χ1v) is 14.7. The van der Waals surface area contributed by atoms with Crippen molar-refractivity contribution >= 4 is 34.5 Å². The summed E-state index contributed by atoms with van der Waals surface area (Å²) in [6.45, 7) is 5.27. The van der Waals surface area contributed by atoms with Gasteiger partial charge in [0.25, 0.3) is 0 Å². The Morgan fingerprint density at radius 2 is 1.66 bits per heavy atom. The molecule has 0 bridgehead atoms. The summed E-state index contributed by atoms with van der Waals surface area (Å²) >= 11 is 1.70. The van der Waals surface area contributed by atoms with Gasteiger partial charge in [0.2, 0.25) is 5.91 Å². The molecule has 1 saturated heterocycles. The van der Waals surface area contributed by atoms with Gasteiger partial charge in [0.05, 0.1) is 18.1 Å². The van der Waals surface area contributed by atoms with E-state index in [-0.39, 0.29) is 11.8 Å². The Morgan fingerprint density at radius 3 is 2.32 bits per heavy atom. The average Bonchev–Trinajstić information content (AvgIpc) is 3.38. The molecule has 7 nitrogen and oxygen atoms in total. The van der Waals surface area contributed by atoms with Crippen LogP contribution in [0.25, 0.3) is 11.0 Å². The van der Waals surface area contributed by atoms with E-state index in [1.165, 1.54) is 19.3 Å². The molecule has 0 unspecified atom stereocenters. The van der Waals surface area contributed by atoms with Gasteiger partial charge in [-0.2, -0.15) is 5.10 Å². The summed E-state index contributed by atoms with van der Waals surface area (Å²) < 4.78 is 1.91. The third kappa shape index (κ3) is 6.35. The highest BCUT2D eigenvalue weighted by Crippen LogP contribution is 2.30. The number of aromatic nitrogens is 4. The molecule has 2 aromatic carbocycles. The van der Waals surface area contributed by atoms with Crippen molar-refractivity contribution in [2.75, 3.05) is 30.3 Å². The first kappa shape index (κ1) is 26.2. The van der Waals surface area contributed by atoms with Crippen molar-refractivity contribution in [1.29, 1.82) is 0 Å². The summed E-state index contributed by atoms with van der Waals surface area (Å²) in [7, 11) is 0. The normalized spacial score (nSPS) is 13.8. The molecule has 2 aromatic heterocycles. The molecular formula is C30H36N6OS. The van der Waals surface area contributed by atoms with Gasteiger partial charge in [-0.3, -0.25) is 4.79 Å². The largest absolute Gasteiger partial charge is 0.356 e. The molecule has 0 radical (unpaired) electrons. The third-order valence-corrected chi connectivity index (χ3v) is 8.04. The van der Waals surface area contributed by atoms with E-state index in [1.54, 1.807) is 11.8 Å². The van der Waals surface area contributed by atoms with Crippen molar-refractivity contribution in [3.05, 3.63) is 78.0 Å². The van der Waals surface area contributed by atoms with E-state index in [9.17, 15) is 4.79 Å². The molecular weight excluding hydrogens is 492 g/mol. The Labute approximate surface area is 229 Å². The lowest BCUT2D eigenvalue weighted by atomic mass is 9.88. The zero-order valence-corrected chi connectivity index (χ0v) is 22.9. The van der Waals surface area contributed by atoms with Crippen molar-refractivity contribution in [1.82, 2.24) is 25.1 Å². The van der Waals surface area contributed by atoms with Crippen LogP contribution in [0.5, 0.6) is 0 Å². The molecule has 1 aliphatic rings. The zero-order chi connectivity index (χ0) is 26.2. The maximum absolute atomic E-state index is 13.0. The van der Waals surface area contributed by atoms with Crippen LogP contribution in [0.15, 0.2) is 72.0 Å². The van der Waals surface area contributed by atoms with Crippen molar-refractivity contribution in [3.63, 3.8) is 0 Å². The Hall–Kier alpha value is -3.39. The SMILES string of the molecule is CCCSc1nc(N2CCCCC2)c2cnn(CCNC(=O)CC(c3ccccc3)c3ccccc3)c2n1. The van der Waals surface area contributed by atoms with E-state index < -0.39 is 0 Å². The maximum atomic E-state index is 13.0. The second-order valence-corrected chi connectivity index (χ2v) is 10.8. The summed E-state index contributed by atoms with van der Waals surface area (Å²) in [6.07, 6.45) is 7.01. The van der Waals surface area contributed by atoms with Crippen LogP contribution in [0, 0.1) is 0 Å². The predicted octanol–water partition coefficient (Wildman–Crippen LogP) is 5.66. The lowest BCUT2D eigenvalue weighted by Gasteiger charge is -2.28. The summed E-state index contributed by atoms with van der Waals surface area (Å²) in [5, 5.41) is 9.57. The van der Waals surface area contributed by atoms with Gasteiger partial charge in [-0.05, 0) is 36.8 Å². The monoisotopic (exact) mass is 528 g/mol. The number of nitrogens with zero attached hydrogens (tertiary/aromatic N) is 5.